The van der Waals surface area contributed by atoms with Crippen LogP contribution in [0, 0.1) is 0 Å². The summed E-state index contributed by atoms with van der Waals surface area (Å²) in [5, 5.41) is 0.859. The number of halogens is 2. The van der Waals surface area contributed by atoms with E-state index in [-0.39, 0.29) is 12.1 Å². The number of rotatable bonds is 2. The van der Waals surface area contributed by atoms with Crippen LogP contribution in [-0.4, -0.2) is 9.97 Å². The van der Waals surface area contributed by atoms with Crippen molar-refractivity contribution in [3.8, 4) is 11.4 Å². The molecule has 1 aromatic heterocycles. The highest BCUT2D eigenvalue weighted by atomic mass is 35.5. The maximum Gasteiger partial charge on any atom is 0.251 e. The molecule has 3 N–H and O–H groups in total. The molecule has 1 aromatic carbocycles. The average molecular weight is 270 g/mol. The quantitative estimate of drug-likeness (QED) is 0.878. The summed E-state index contributed by atoms with van der Waals surface area (Å²) in [7, 11) is 0. The van der Waals surface area contributed by atoms with E-state index in [2.05, 4.69) is 9.97 Å². The van der Waals surface area contributed by atoms with Gasteiger partial charge in [-0.2, -0.15) is 0 Å². The number of nitrogens with one attached hydrogen (secondary N) is 1. The van der Waals surface area contributed by atoms with E-state index in [1.165, 1.54) is 6.07 Å². The fourth-order valence-corrected chi connectivity index (χ4v) is 1.69. The van der Waals surface area contributed by atoms with Gasteiger partial charge in [-0.25, -0.2) is 4.98 Å². The van der Waals surface area contributed by atoms with Crippen LogP contribution in [0.25, 0.3) is 11.4 Å². The van der Waals surface area contributed by atoms with Crippen molar-refractivity contribution in [1.82, 2.24) is 9.97 Å². The van der Waals surface area contributed by atoms with Gasteiger partial charge in [0.1, 0.15) is 5.82 Å². The lowest BCUT2D eigenvalue weighted by molar-refractivity contribution is 0.956. The van der Waals surface area contributed by atoms with E-state index >= 15 is 0 Å². The van der Waals surface area contributed by atoms with Gasteiger partial charge >= 0.3 is 0 Å². The fourth-order valence-electron chi connectivity index (χ4n) is 1.39. The van der Waals surface area contributed by atoms with Gasteiger partial charge in [0.05, 0.1) is 15.7 Å². The first-order valence-electron chi connectivity index (χ1n) is 4.86. The highest BCUT2D eigenvalue weighted by Gasteiger charge is 2.05. The van der Waals surface area contributed by atoms with Gasteiger partial charge in [0.2, 0.25) is 0 Å². The molecule has 2 rings (SSSR count). The molecule has 0 aliphatic rings. The molecule has 88 valence electrons. The Hall–Kier alpha value is -1.36. The standard InChI is InChI=1S/C11H9Cl2N3O/c12-8-2-1-6(3-9(8)13)11-15-7(5-14)4-10(17)16-11/h1-4H,5,14H2,(H,15,16,17). The van der Waals surface area contributed by atoms with E-state index in [4.69, 9.17) is 28.9 Å². The molecule has 0 saturated carbocycles. The van der Waals surface area contributed by atoms with Gasteiger partial charge in [0.25, 0.3) is 5.56 Å². The van der Waals surface area contributed by atoms with Crippen molar-refractivity contribution in [3.63, 3.8) is 0 Å². The summed E-state index contributed by atoms with van der Waals surface area (Å²) in [6.07, 6.45) is 0. The fraction of sp³-hybridized carbons (Fsp3) is 0.0909. The second-order valence-electron chi connectivity index (χ2n) is 3.42. The average Bonchev–Trinajstić information content (AvgIpc) is 2.32. The Kier molecular flexibility index (Phi) is 3.47. The lowest BCUT2D eigenvalue weighted by atomic mass is 10.2. The number of benzene rings is 1. The zero-order chi connectivity index (χ0) is 12.4. The topological polar surface area (TPSA) is 71.8 Å². The van der Waals surface area contributed by atoms with Crippen molar-refractivity contribution in [3.05, 3.63) is 50.4 Å². The molecule has 0 aliphatic heterocycles. The number of H-pyrrole nitrogens is 1. The van der Waals surface area contributed by atoms with Crippen LogP contribution in [0.3, 0.4) is 0 Å². The molecule has 0 saturated heterocycles. The van der Waals surface area contributed by atoms with E-state index in [1.807, 2.05) is 0 Å². The molecule has 0 amide bonds. The molecule has 4 nitrogen and oxygen atoms in total. The van der Waals surface area contributed by atoms with Gasteiger partial charge in [-0.3, -0.25) is 4.79 Å². The third-order valence-corrected chi connectivity index (χ3v) is 2.94. The lowest BCUT2D eigenvalue weighted by Crippen LogP contribution is -2.12. The first-order valence-corrected chi connectivity index (χ1v) is 5.61. The largest absolute Gasteiger partial charge is 0.325 e. The second-order valence-corrected chi connectivity index (χ2v) is 4.23. The third kappa shape index (κ3) is 2.66. The predicted molar refractivity (Wildman–Crippen MR) is 68.2 cm³/mol. The van der Waals surface area contributed by atoms with Crippen LogP contribution < -0.4 is 11.3 Å². The van der Waals surface area contributed by atoms with E-state index < -0.39 is 0 Å². The van der Waals surface area contributed by atoms with Crippen LogP contribution in [0.4, 0.5) is 0 Å². The summed E-state index contributed by atoms with van der Waals surface area (Å²) in [5.74, 6) is 0.427. The van der Waals surface area contributed by atoms with Gasteiger partial charge in [-0.15, -0.1) is 0 Å². The normalized spacial score (nSPS) is 10.5. The number of nitrogens with two attached hydrogens (primary N) is 1. The van der Waals surface area contributed by atoms with Gasteiger partial charge < -0.3 is 10.7 Å². The molecule has 1 heterocycles. The van der Waals surface area contributed by atoms with E-state index in [0.29, 0.717) is 27.1 Å². The van der Waals surface area contributed by atoms with Crippen LogP contribution in [0.15, 0.2) is 29.1 Å². The molecule has 0 bridgehead atoms. The number of aromatic nitrogens is 2. The van der Waals surface area contributed by atoms with Crippen LogP contribution >= 0.6 is 23.2 Å². The Morgan fingerprint density at radius 3 is 2.65 bits per heavy atom. The molecule has 6 heteroatoms. The molecule has 0 aliphatic carbocycles. The van der Waals surface area contributed by atoms with Crippen molar-refractivity contribution in [2.45, 2.75) is 6.54 Å². The van der Waals surface area contributed by atoms with Gasteiger partial charge in [0.15, 0.2) is 0 Å². The Morgan fingerprint density at radius 2 is 2.00 bits per heavy atom. The summed E-state index contributed by atoms with van der Waals surface area (Å²) < 4.78 is 0. The maximum atomic E-state index is 11.4. The Morgan fingerprint density at radius 1 is 1.24 bits per heavy atom. The van der Waals surface area contributed by atoms with Gasteiger partial charge in [-0.05, 0) is 18.2 Å². The van der Waals surface area contributed by atoms with Crippen molar-refractivity contribution in [2.24, 2.45) is 5.73 Å². The van der Waals surface area contributed by atoms with Crippen molar-refractivity contribution in [1.29, 1.82) is 0 Å². The molecule has 0 fully saturated rings. The van der Waals surface area contributed by atoms with Crippen molar-refractivity contribution < 1.29 is 0 Å². The zero-order valence-corrected chi connectivity index (χ0v) is 10.2. The smallest absolute Gasteiger partial charge is 0.251 e. The minimum absolute atomic E-state index is 0.207. The summed E-state index contributed by atoms with van der Waals surface area (Å²) >= 11 is 11.7. The zero-order valence-electron chi connectivity index (χ0n) is 8.71. The third-order valence-electron chi connectivity index (χ3n) is 2.20. The van der Waals surface area contributed by atoms with Crippen LogP contribution in [0.5, 0.6) is 0 Å². The van der Waals surface area contributed by atoms with E-state index in [0.717, 1.165) is 0 Å². The number of nitrogens with zero attached hydrogens (tertiary/aromatic N) is 1. The monoisotopic (exact) mass is 269 g/mol. The molecule has 0 spiro atoms. The predicted octanol–water partition coefficient (Wildman–Crippen LogP) is 2.20. The van der Waals surface area contributed by atoms with Crippen LogP contribution in [0.2, 0.25) is 10.0 Å². The first-order chi connectivity index (χ1) is 8.10. The number of aromatic amines is 1. The minimum Gasteiger partial charge on any atom is -0.325 e. The van der Waals surface area contributed by atoms with Crippen LogP contribution in [0.1, 0.15) is 5.69 Å². The highest BCUT2D eigenvalue weighted by Crippen LogP contribution is 2.26. The summed E-state index contributed by atoms with van der Waals surface area (Å²) in [6, 6.07) is 6.38. The first kappa shape index (κ1) is 12.1. The van der Waals surface area contributed by atoms with Gasteiger partial charge in [-0.1, -0.05) is 23.2 Å². The molecule has 0 atom stereocenters. The van der Waals surface area contributed by atoms with Crippen molar-refractivity contribution in [2.75, 3.05) is 0 Å². The highest BCUT2D eigenvalue weighted by molar-refractivity contribution is 6.42. The van der Waals surface area contributed by atoms with E-state index in [9.17, 15) is 4.79 Å². The molecule has 0 radical (unpaired) electrons. The number of hydrogen-bond donors (Lipinski definition) is 2. The van der Waals surface area contributed by atoms with Crippen LogP contribution in [-0.2, 0) is 6.54 Å². The lowest BCUT2D eigenvalue weighted by Gasteiger charge is -2.04. The maximum absolute atomic E-state index is 11.4. The SMILES string of the molecule is NCc1cc(=O)[nH]c(-c2ccc(Cl)c(Cl)c2)n1. The molecule has 0 unspecified atom stereocenters. The Balaban J connectivity index is 2.55. The molecular weight excluding hydrogens is 261 g/mol. The Bertz CT molecular complexity index is 610. The molecule has 17 heavy (non-hydrogen) atoms. The Labute approximate surface area is 107 Å². The summed E-state index contributed by atoms with van der Waals surface area (Å²) in [4.78, 5) is 18.2. The van der Waals surface area contributed by atoms with Gasteiger partial charge in [0, 0.05) is 18.2 Å². The second kappa shape index (κ2) is 4.87. The van der Waals surface area contributed by atoms with Crippen molar-refractivity contribution >= 4 is 23.2 Å². The minimum atomic E-state index is -0.249. The summed E-state index contributed by atoms with van der Waals surface area (Å²) in [5.41, 5.74) is 6.42. The summed E-state index contributed by atoms with van der Waals surface area (Å²) in [6.45, 7) is 0.207. The molecule has 2 aromatic rings. The van der Waals surface area contributed by atoms with E-state index in [1.54, 1.807) is 18.2 Å². The molecular formula is C11H9Cl2N3O. The number of hydrogen-bond acceptors (Lipinski definition) is 3.